The minimum absolute atomic E-state index is 0.234. The monoisotopic (exact) mass is 422 g/mol. The Balaban J connectivity index is 0.000000131. The second-order valence-corrected chi connectivity index (χ2v) is 7.45. The van der Waals surface area contributed by atoms with Gasteiger partial charge in [0, 0.05) is 20.9 Å². The molecule has 0 saturated heterocycles. The molecular formula is C18H16Br2O2. The Hall–Kier alpha value is -0.970. The van der Waals surface area contributed by atoms with Crippen LogP contribution < -0.4 is 0 Å². The fourth-order valence-corrected chi connectivity index (χ4v) is 3.70. The smallest absolute Gasteiger partial charge is 0.163 e. The van der Waals surface area contributed by atoms with Gasteiger partial charge in [-0.1, -0.05) is 44.0 Å². The summed E-state index contributed by atoms with van der Waals surface area (Å²) in [4.78, 5) is 11.2. The number of aryl methyl sites for hydroxylation is 2. The molecule has 4 heteroatoms. The Bertz CT molecular complexity index is 725. The summed E-state index contributed by atoms with van der Waals surface area (Å²) in [5.41, 5.74) is 4.48. The maximum Gasteiger partial charge on any atom is 0.163 e. The first-order chi connectivity index (χ1) is 10.5. The number of hydrogen-bond acceptors (Lipinski definition) is 2. The number of benzene rings is 2. The molecule has 2 aliphatic carbocycles. The number of hydrogen-bond donors (Lipinski definition) is 1. The van der Waals surface area contributed by atoms with Gasteiger partial charge in [0.05, 0.1) is 6.10 Å². The lowest BCUT2D eigenvalue weighted by molar-refractivity contribution is 0.0994. The average molecular weight is 424 g/mol. The van der Waals surface area contributed by atoms with Gasteiger partial charge in [-0.05, 0) is 60.2 Å². The second-order valence-electron chi connectivity index (χ2n) is 5.62. The quantitative estimate of drug-likeness (QED) is 0.646. The highest BCUT2D eigenvalue weighted by molar-refractivity contribution is 9.10. The number of fused-ring (bicyclic) bond motifs is 2. The van der Waals surface area contributed by atoms with E-state index in [1.807, 2.05) is 30.3 Å². The summed E-state index contributed by atoms with van der Waals surface area (Å²) in [5, 5.41) is 9.48. The van der Waals surface area contributed by atoms with Crippen molar-refractivity contribution in [3.63, 3.8) is 0 Å². The van der Waals surface area contributed by atoms with E-state index >= 15 is 0 Å². The summed E-state index contributed by atoms with van der Waals surface area (Å²) >= 11 is 6.72. The first-order valence-corrected chi connectivity index (χ1v) is 8.91. The minimum atomic E-state index is -0.234. The fourth-order valence-electron chi connectivity index (χ4n) is 2.96. The Kier molecular flexibility index (Phi) is 4.81. The largest absolute Gasteiger partial charge is 0.388 e. The molecule has 0 radical (unpaired) electrons. The molecule has 1 N–H and O–H groups in total. The lowest BCUT2D eigenvalue weighted by Gasteiger charge is -2.02. The number of halogens is 2. The van der Waals surface area contributed by atoms with Crippen LogP contribution in [0.3, 0.4) is 0 Å². The molecular weight excluding hydrogens is 408 g/mol. The topological polar surface area (TPSA) is 37.3 Å². The Morgan fingerprint density at radius 2 is 1.59 bits per heavy atom. The lowest BCUT2D eigenvalue weighted by Crippen LogP contribution is -1.89. The zero-order valence-electron chi connectivity index (χ0n) is 12.0. The number of aliphatic hydroxyl groups excluding tert-OH is 1. The Morgan fingerprint density at radius 1 is 0.909 bits per heavy atom. The van der Waals surface area contributed by atoms with E-state index in [0.717, 1.165) is 39.3 Å². The van der Waals surface area contributed by atoms with E-state index in [4.69, 9.17) is 0 Å². The lowest BCUT2D eigenvalue weighted by atomic mass is 10.1. The fraction of sp³-hybridized carbons (Fsp3) is 0.278. The van der Waals surface area contributed by atoms with Gasteiger partial charge >= 0.3 is 0 Å². The van der Waals surface area contributed by atoms with Crippen LogP contribution in [0.25, 0.3) is 0 Å². The molecule has 114 valence electrons. The standard InChI is InChI=1S/C9H9BrO.C9H7BrO/c2*10-7-3-1-6-2-4-9(11)8(6)5-7/h1,3,5,9,11H,2,4H2;1,3,5H,2,4H2. The van der Waals surface area contributed by atoms with Crippen LogP contribution >= 0.6 is 31.9 Å². The highest BCUT2D eigenvalue weighted by atomic mass is 79.9. The van der Waals surface area contributed by atoms with Gasteiger partial charge < -0.3 is 5.11 Å². The van der Waals surface area contributed by atoms with Crippen LogP contribution in [0.15, 0.2) is 45.3 Å². The molecule has 0 saturated carbocycles. The second kappa shape index (κ2) is 6.65. The number of rotatable bonds is 0. The molecule has 0 amide bonds. The van der Waals surface area contributed by atoms with Gasteiger partial charge in [-0.2, -0.15) is 0 Å². The average Bonchev–Trinajstić information content (AvgIpc) is 3.04. The summed E-state index contributed by atoms with van der Waals surface area (Å²) in [5.74, 6) is 0.279. The minimum Gasteiger partial charge on any atom is -0.388 e. The molecule has 0 bridgehead atoms. The van der Waals surface area contributed by atoms with Gasteiger partial charge in [0.1, 0.15) is 0 Å². The molecule has 4 rings (SSSR count). The Morgan fingerprint density at radius 3 is 2.36 bits per heavy atom. The maximum absolute atomic E-state index is 11.2. The van der Waals surface area contributed by atoms with Crippen LogP contribution in [0.5, 0.6) is 0 Å². The highest BCUT2D eigenvalue weighted by Gasteiger charge is 2.19. The number of carbonyl (C=O) groups is 1. The molecule has 22 heavy (non-hydrogen) atoms. The zero-order chi connectivity index (χ0) is 15.7. The van der Waals surface area contributed by atoms with E-state index in [1.54, 1.807) is 0 Å². The third kappa shape index (κ3) is 3.34. The molecule has 0 spiro atoms. The van der Waals surface area contributed by atoms with E-state index in [-0.39, 0.29) is 11.9 Å². The van der Waals surface area contributed by atoms with Gasteiger partial charge in [0.15, 0.2) is 5.78 Å². The van der Waals surface area contributed by atoms with Gasteiger partial charge in [-0.25, -0.2) is 0 Å². The number of ketones is 1. The zero-order valence-corrected chi connectivity index (χ0v) is 15.2. The molecule has 0 aliphatic heterocycles. The van der Waals surface area contributed by atoms with E-state index in [1.165, 1.54) is 11.1 Å². The van der Waals surface area contributed by atoms with E-state index in [2.05, 4.69) is 37.9 Å². The summed E-state index contributed by atoms with van der Waals surface area (Å²) in [6.07, 6.45) is 3.27. The summed E-state index contributed by atoms with van der Waals surface area (Å²) < 4.78 is 2.05. The maximum atomic E-state index is 11.2. The van der Waals surface area contributed by atoms with Gasteiger partial charge in [0.25, 0.3) is 0 Å². The van der Waals surface area contributed by atoms with Crippen LogP contribution in [0, 0.1) is 0 Å². The van der Waals surface area contributed by atoms with E-state index < -0.39 is 0 Å². The van der Waals surface area contributed by atoms with Crippen molar-refractivity contribution in [2.75, 3.05) is 0 Å². The molecule has 1 atom stereocenters. The van der Waals surface area contributed by atoms with Crippen molar-refractivity contribution in [2.24, 2.45) is 0 Å². The molecule has 2 nitrogen and oxygen atoms in total. The molecule has 0 heterocycles. The van der Waals surface area contributed by atoms with Crippen LogP contribution in [-0.4, -0.2) is 10.9 Å². The van der Waals surface area contributed by atoms with E-state index in [9.17, 15) is 9.90 Å². The first-order valence-electron chi connectivity index (χ1n) is 7.32. The molecule has 0 aromatic heterocycles. The normalized spacial score (nSPS) is 18.5. The van der Waals surface area contributed by atoms with Gasteiger partial charge in [-0.15, -0.1) is 0 Å². The van der Waals surface area contributed by atoms with Crippen molar-refractivity contribution in [3.05, 3.63) is 67.6 Å². The van der Waals surface area contributed by atoms with Crippen molar-refractivity contribution in [1.29, 1.82) is 0 Å². The van der Waals surface area contributed by atoms with Crippen molar-refractivity contribution in [1.82, 2.24) is 0 Å². The first kappa shape index (κ1) is 15.9. The molecule has 1 unspecified atom stereocenters. The highest BCUT2D eigenvalue weighted by Crippen LogP contribution is 2.32. The molecule has 2 aromatic rings. The van der Waals surface area contributed by atoms with Crippen LogP contribution in [0.4, 0.5) is 0 Å². The van der Waals surface area contributed by atoms with Crippen LogP contribution in [0.2, 0.25) is 0 Å². The third-order valence-electron chi connectivity index (χ3n) is 4.15. The van der Waals surface area contributed by atoms with Gasteiger partial charge in [0.2, 0.25) is 0 Å². The van der Waals surface area contributed by atoms with Crippen LogP contribution in [0.1, 0.15) is 46.0 Å². The van der Waals surface area contributed by atoms with Crippen molar-refractivity contribution >= 4 is 37.6 Å². The van der Waals surface area contributed by atoms with Crippen molar-refractivity contribution in [2.45, 2.75) is 31.8 Å². The van der Waals surface area contributed by atoms with Gasteiger partial charge in [-0.3, -0.25) is 4.79 Å². The number of carbonyl (C=O) groups excluding carboxylic acids is 1. The summed E-state index contributed by atoms with van der Waals surface area (Å²) in [6, 6.07) is 12.0. The molecule has 0 fully saturated rings. The SMILES string of the molecule is O=C1CCc2ccc(Br)cc21.OC1CCc2ccc(Br)cc21. The Labute approximate surface area is 146 Å². The predicted molar refractivity (Wildman–Crippen MR) is 94.2 cm³/mol. The number of Topliss-reactive ketones (excluding diaryl/α,β-unsaturated/α-hetero) is 1. The summed E-state index contributed by atoms with van der Waals surface area (Å²) in [6.45, 7) is 0. The third-order valence-corrected chi connectivity index (χ3v) is 5.13. The number of aliphatic hydroxyl groups is 1. The van der Waals surface area contributed by atoms with Crippen molar-refractivity contribution < 1.29 is 9.90 Å². The molecule has 2 aliphatic rings. The van der Waals surface area contributed by atoms with E-state index in [0.29, 0.717) is 6.42 Å². The summed E-state index contributed by atoms with van der Waals surface area (Å²) in [7, 11) is 0. The predicted octanol–water partition coefficient (Wildman–Crippen LogP) is 5.01. The molecule has 2 aromatic carbocycles. The van der Waals surface area contributed by atoms with Crippen LogP contribution in [-0.2, 0) is 12.8 Å². The van der Waals surface area contributed by atoms with Crippen molar-refractivity contribution in [3.8, 4) is 0 Å².